The molecule has 3 aromatic rings. The topological polar surface area (TPSA) is 92.0 Å². The van der Waals surface area contributed by atoms with Gasteiger partial charge in [-0.05, 0) is 35.9 Å². The fourth-order valence-electron chi connectivity index (χ4n) is 2.41. The molecule has 1 aromatic heterocycles. The lowest BCUT2D eigenvalue weighted by molar-refractivity contribution is 0.208. The first-order valence-corrected chi connectivity index (χ1v) is 6.69. The van der Waals surface area contributed by atoms with Crippen LogP contribution in [0.2, 0.25) is 0 Å². The van der Waals surface area contributed by atoms with Crippen LogP contribution in [0.4, 0.5) is 18.0 Å². The van der Waals surface area contributed by atoms with Gasteiger partial charge in [-0.1, -0.05) is 0 Å². The van der Waals surface area contributed by atoms with Crippen LogP contribution in [0.1, 0.15) is 5.56 Å². The molecule has 122 valence electrons. The summed E-state index contributed by atoms with van der Waals surface area (Å²) in [6.07, 6.45) is -1.22. The first-order chi connectivity index (χ1) is 11.4. The molecule has 0 saturated carbocycles. The van der Waals surface area contributed by atoms with Crippen molar-refractivity contribution in [3.63, 3.8) is 0 Å². The minimum absolute atomic E-state index is 0.00862. The molecule has 24 heavy (non-hydrogen) atoms. The van der Waals surface area contributed by atoms with Gasteiger partial charge in [0.25, 0.3) is 0 Å². The summed E-state index contributed by atoms with van der Waals surface area (Å²) >= 11 is 0. The van der Waals surface area contributed by atoms with Crippen molar-refractivity contribution in [3.8, 4) is 11.3 Å². The van der Waals surface area contributed by atoms with Crippen LogP contribution in [0.25, 0.3) is 22.2 Å². The standard InChI is InChI=1S/C16H10F3N3O2/c17-8-3-1-7(2-4-8)14-13(15(20)24-16(21)23)9-5-10(18)11(19)6-12(9)22-14/h1-6,20,22H,(H2,21,23). The number of ether oxygens (including phenoxy) is 1. The number of hydrogen-bond donors (Lipinski definition) is 3. The average molecular weight is 333 g/mol. The molecule has 0 saturated heterocycles. The summed E-state index contributed by atoms with van der Waals surface area (Å²) in [4.78, 5) is 13.7. The molecule has 1 amide bonds. The van der Waals surface area contributed by atoms with E-state index in [-0.39, 0.29) is 22.2 Å². The number of carbonyl (C=O) groups excluding carboxylic acids is 1. The molecular weight excluding hydrogens is 323 g/mol. The summed E-state index contributed by atoms with van der Waals surface area (Å²) in [5.41, 5.74) is 5.77. The second kappa shape index (κ2) is 5.73. The molecule has 0 fully saturated rings. The molecule has 0 aliphatic carbocycles. The van der Waals surface area contributed by atoms with Crippen molar-refractivity contribution in [1.29, 1.82) is 5.41 Å². The summed E-state index contributed by atoms with van der Waals surface area (Å²) in [7, 11) is 0. The first-order valence-electron chi connectivity index (χ1n) is 6.69. The number of aromatic amines is 1. The van der Waals surface area contributed by atoms with Crippen LogP contribution in [0, 0.1) is 22.9 Å². The number of nitrogens with one attached hydrogen (secondary N) is 2. The molecule has 3 rings (SSSR count). The highest BCUT2D eigenvalue weighted by molar-refractivity contribution is 6.13. The number of hydrogen-bond acceptors (Lipinski definition) is 3. The zero-order valence-corrected chi connectivity index (χ0v) is 12.0. The first kappa shape index (κ1) is 15.6. The highest BCUT2D eigenvalue weighted by atomic mass is 19.2. The summed E-state index contributed by atoms with van der Waals surface area (Å²) in [5, 5.41) is 8.01. The molecule has 5 nitrogen and oxygen atoms in total. The third kappa shape index (κ3) is 2.69. The zero-order valence-electron chi connectivity index (χ0n) is 12.0. The molecule has 0 bridgehead atoms. The summed E-state index contributed by atoms with van der Waals surface area (Å²) in [6, 6.07) is 6.98. The molecule has 2 aromatic carbocycles. The lowest BCUT2D eigenvalue weighted by Gasteiger charge is -2.06. The summed E-state index contributed by atoms with van der Waals surface area (Å²) in [5.74, 6) is -3.32. The van der Waals surface area contributed by atoms with Crippen molar-refractivity contribution in [2.24, 2.45) is 5.73 Å². The Morgan fingerprint density at radius 3 is 2.33 bits per heavy atom. The Bertz CT molecular complexity index is 965. The number of amides is 1. The maximum Gasteiger partial charge on any atom is 0.411 e. The van der Waals surface area contributed by atoms with Crippen molar-refractivity contribution in [2.45, 2.75) is 0 Å². The largest absolute Gasteiger partial charge is 0.411 e. The molecule has 0 atom stereocenters. The summed E-state index contributed by atoms with van der Waals surface area (Å²) in [6.45, 7) is 0. The fraction of sp³-hybridized carbons (Fsp3) is 0. The van der Waals surface area contributed by atoms with E-state index < -0.39 is 29.4 Å². The van der Waals surface area contributed by atoms with E-state index in [9.17, 15) is 18.0 Å². The fourth-order valence-corrected chi connectivity index (χ4v) is 2.41. The molecule has 0 aliphatic heterocycles. The Morgan fingerprint density at radius 2 is 1.71 bits per heavy atom. The Balaban J connectivity index is 2.28. The third-order valence-electron chi connectivity index (χ3n) is 3.40. The van der Waals surface area contributed by atoms with Crippen LogP contribution in [-0.2, 0) is 4.74 Å². The number of benzene rings is 2. The van der Waals surface area contributed by atoms with Gasteiger partial charge < -0.3 is 15.5 Å². The lowest BCUT2D eigenvalue weighted by atomic mass is 10.0. The predicted molar refractivity (Wildman–Crippen MR) is 81.1 cm³/mol. The van der Waals surface area contributed by atoms with Crippen molar-refractivity contribution >= 4 is 22.9 Å². The van der Waals surface area contributed by atoms with Crippen LogP contribution in [0.5, 0.6) is 0 Å². The monoisotopic (exact) mass is 333 g/mol. The summed E-state index contributed by atoms with van der Waals surface area (Å²) < 4.78 is 44.7. The number of primary amides is 1. The molecular formula is C16H10F3N3O2. The maximum absolute atomic E-state index is 13.6. The van der Waals surface area contributed by atoms with Gasteiger partial charge >= 0.3 is 6.09 Å². The van der Waals surface area contributed by atoms with Gasteiger partial charge in [0.15, 0.2) is 11.6 Å². The van der Waals surface area contributed by atoms with E-state index in [1.165, 1.54) is 24.3 Å². The normalized spacial score (nSPS) is 10.8. The number of halogens is 3. The SMILES string of the molecule is N=C(OC(N)=O)c1c(-c2ccc(F)cc2)[nH]c2cc(F)c(F)cc12. The van der Waals surface area contributed by atoms with Gasteiger partial charge in [-0.15, -0.1) is 0 Å². The van der Waals surface area contributed by atoms with Gasteiger partial charge in [0.1, 0.15) is 5.82 Å². The second-order valence-corrected chi connectivity index (χ2v) is 4.94. The molecule has 0 unspecified atom stereocenters. The second-order valence-electron chi connectivity index (χ2n) is 4.94. The Labute approximate surface area is 133 Å². The van der Waals surface area contributed by atoms with E-state index in [0.29, 0.717) is 5.56 Å². The number of carbonyl (C=O) groups is 1. The van der Waals surface area contributed by atoms with Crippen LogP contribution in [0.3, 0.4) is 0 Å². The van der Waals surface area contributed by atoms with Crippen LogP contribution in [-0.4, -0.2) is 17.0 Å². The van der Waals surface area contributed by atoms with Gasteiger partial charge in [-0.25, -0.2) is 18.0 Å². The van der Waals surface area contributed by atoms with Gasteiger partial charge in [-0.3, -0.25) is 5.41 Å². The molecule has 1 heterocycles. The number of H-pyrrole nitrogens is 1. The van der Waals surface area contributed by atoms with Crippen molar-refractivity contribution in [2.75, 3.05) is 0 Å². The molecule has 0 aliphatic rings. The van der Waals surface area contributed by atoms with E-state index in [2.05, 4.69) is 9.72 Å². The molecule has 8 heteroatoms. The smallest absolute Gasteiger partial charge is 0.391 e. The van der Waals surface area contributed by atoms with Crippen LogP contribution in [0.15, 0.2) is 36.4 Å². The maximum atomic E-state index is 13.6. The highest BCUT2D eigenvalue weighted by Gasteiger charge is 2.21. The van der Waals surface area contributed by atoms with Gasteiger partial charge in [0.2, 0.25) is 5.90 Å². The minimum Gasteiger partial charge on any atom is -0.391 e. The predicted octanol–water partition coefficient (Wildman–Crippen LogP) is 3.67. The van der Waals surface area contributed by atoms with Crippen LogP contribution >= 0.6 is 0 Å². The van der Waals surface area contributed by atoms with Gasteiger partial charge in [0, 0.05) is 17.0 Å². The average Bonchev–Trinajstić information content (AvgIpc) is 2.86. The van der Waals surface area contributed by atoms with E-state index in [4.69, 9.17) is 11.1 Å². The zero-order chi connectivity index (χ0) is 17.4. The van der Waals surface area contributed by atoms with E-state index >= 15 is 0 Å². The van der Waals surface area contributed by atoms with Crippen molar-refractivity contribution in [1.82, 2.24) is 4.98 Å². The van der Waals surface area contributed by atoms with Crippen LogP contribution < -0.4 is 5.73 Å². The lowest BCUT2D eigenvalue weighted by Crippen LogP contribution is -2.18. The minimum atomic E-state index is -1.22. The van der Waals surface area contributed by atoms with Gasteiger partial charge in [0.05, 0.1) is 11.3 Å². The number of rotatable bonds is 2. The Kier molecular flexibility index (Phi) is 3.72. The van der Waals surface area contributed by atoms with Crippen molar-refractivity contribution in [3.05, 3.63) is 59.4 Å². The van der Waals surface area contributed by atoms with Crippen molar-refractivity contribution < 1.29 is 22.7 Å². The number of fused-ring (bicyclic) bond motifs is 1. The van der Waals surface area contributed by atoms with E-state index in [1.807, 2.05) is 0 Å². The van der Waals surface area contributed by atoms with E-state index in [0.717, 1.165) is 12.1 Å². The Morgan fingerprint density at radius 1 is 1.08 bits per heavy atom. The molecule has 4 N–H and O–H groups in total. The number of aromatic nitrogens is 1. The van der Waals surface area contributed by atoms with Gasteiger partial charge in [-0.2, -0.15) is 0 Å². The quantitative estimate of drug-likeness (QED) is 0.493. The Hall–Kier alpha value is -3.29. The number of nitrogens with two attached hydrogens (primary N) is 1. The van der Waals surface area contributed by atoms with E-state index in [1.54, 1.807) is 0 Å². The third-order valence-corrected chi connectivity index (χ3v) is 3.40. The molecule has 0 spiro atoms. The highest BCUT2D eigenvalue weighted by Crippen LogP contribution is 2.32. The molecule has 0 radical (unpaired) electrons.